The molecule has 1 atom stereocenters. The molecule has 2 aromatic carbocycles. The summed E-state index contributed by atoms with van der Waals surface area (Å²) in [4.78, 5) is 24.8. The topological polar surface area (TPSA) is 78.4 Å². The van der Waals surface area contributed by atoms with Crippen molar-refractivity contribution in [2.24, 2.45) is 5.92 Å². The van der Waals surface area contributed by atoms with Gasteiger partial charge in [0.15, 0.2) is 0 Å². The molecule has 0 bridgehead atoms. The Morgan fingerprint density at radius 3 is 2.32 bits per heavy atom. The van der Waals surface area contributed by atoms with E-state index in [2.05, 4.69) is 10.6 Å². The summed E-state index contributed by atoms with van der Waals surface area (Å²) in [5.74, 6) is -0.517. The van der Waals surface area contributed by atoms with E-state index in [1.54, 1.807) is 24.3 Å². The molecule has 132 valence electrons. The summed E-state index contributed by atoms with van der Waals surface area (Å²) in [6, 6.07) is 15.8. The second-order valence-electron chi connectivity index (χ2n) is 6.30. The van der Waals surface area contributed by atoms with Crippen LogP contribution in [-0.2, 0) is 22.6 Å². The van der Waals surface area contributed by atoms with Crippen LogP contribution < -0.4 is 10.6 Å². The Labute approximate surface area is 148 Å². The zero-order valence-electron chi connectivity index (χ0n) is 14.5. The number of anilines is 1. The first-order chi connectivity index (χ1) is 12.0. The lowest BCUT2D eigenvalue weighted by Gasteiger charge is -2.22. The highest BCUT2D eigenvalue weighted by molar-refractivity contribution is 5.97. The van der Waals surface area contributed by atoms with E-state index in [1.165, 1.54) is 0 Å². The Kier molecular flexibility index (Phi) is 6.71. The van der Waals surface area contributed by atoms with Crippen molar-refractivity contribution in [1.29, 1.82) is 0 Å². The third kappa shape index (κ3) is 5.72. The standard InChI is InChI=1S/C20H24N2O3/c1-14(2)19(22-18(24)12-15-7-4-3-5-8-15)20(25)21-17-10-6-9-16(11-17)13-23/h3-11,14,19,23H,12-13H2,1-2H3,(H,21,25)(H,22,24). The van der Waals surface area contributed by atoms with Gasteiger partial charge in [-0.25, -0.2) is 0 Å². The highest BCUT2D eigenvalue weighted by Gasteiger charge is 2.24. The van der Waals surface area contributed by atoms with E-state index in [0.29, 0.717) is 11.3 Å². The van der Waals surface area contributed by atoms with Crippen LogP contribution in [0.4, 0.5) is 5.69 Å². The van der Waals surface area contributed by atoms with Crippen LogP contribution in [0, 0.1) is 5.92 Å². The van der Waals surface area contributed by atoms with Gasteiger partial charge < -0.3 is 15.7 Å². The maximum Gasteiger partial charge on any atom is 0.247 e. The summed E-state index contributed by atoms with van der Waals surface area (Å²) in [7, 11) is 0. The summed E-state index contributed by atoms with van der Waals surface area (Å²) >= 11 is 0. The predicted molar refractivity (Wildman–Crippen MR) is 97.9 cm³/mol. The van der Waals surface area contributed by atoms with E-state index in [-0.39, 0.29) is 30.8 Å². The molecule has 0 radical (unpaired) electrons. The summed E-state index contributed by atoms with van der Waals surface area (Å²) < 4.78 is 0. The maximum atomic E-state index is 12.6. The molecule has 25 heavy (non-hydrogen) atoms. The summed E-state index contributed by atoms with van der Waals surface area (Å²) in [5.41, 5.74) is 2.21. The van der Waals surface area contributed by atoms with Crippen LogP contribution >= 0.6 is 0 Å². The molecule has 0 heterocycles. The van der Waals surface area contributed by atoms with Gasteiger partial charge in [0.05, 0.1) is 13.0 Å². The molecule has 0 saturated carbocycles. The Morgan fingerprint density at radius 1 is 1.00 bits per heavy atom. The van der Waals surface area contributed by atoms with Crippen LogP contribution in [0.3, 0.4) is 0 Å². The van der Waals surface area contributed by atoms with Gasteiger partial charge in [0, 0.05) is 5.69 Å². The number of aliphatic hydroxyl groups is 1. The normalized spacial score (nSPS) is 11.8. The number of benzene rings is 2. The lowest BCUT2D eigenvalue weighted by atomic mass is 10.0. The second-order valence-corrected chi connectivity index (χ2v) is 6.30. The summed E-state index contributed by atoms with van der Waals surface area (Å²) in [6.45, 7) is 3.68. The molecule has 0 spiro atoms. The molecule has 2 aromatic rings. The molecule has 2 rings (SSSR count). The molecule has 3 N–H and O–H groups in total. The Balaban J connectivity index is 2.01. The third-order valence-electron chi connectivity index (χ3n) is 3.85. The number of carbonyl (C=O) groups excluding carboxylic acids is 2. The fourth-order valence-electron chi connectivity index (χ4n) is 2.51. The van der Waals surface area contributed by atoms with E-state index in [0.717, 1.165) is 5.56 Å². The van der Waals surface area contributed by atoms with Gasteiger partial charge in [0.25, 0.3) is 0 Å². The van der Waals surface area contributed by atoms with Crippen LogP contribution in [0.25, 0.3) is 0 Å². The summed E-state index contributed by atoms with van der Waals surface area (Å²) in [6.07, 6.45) is 0.233. The molecule has 5 nitrogen and oxygen atoms in total. The molecular weight excluding hydrogens is 316 g/mol. The minimum Gasteiger partial charge on any atom is -0.392 e. The smallest absolute Gasteiger partial charge is 0.247 e. The van der Waals surface area contributed by atoms with Gasteiger partial charge in [-0.2, -0.15) is 0 Å². The summed E-state index contributed by atoms with van der Waals surface area (Å²) in [5, 5.41) is 14.8. The van der Waals surface area contributed by atoms with Gasteiger partial charge in [-0.05, 0) is 29.2 Å². The molecule has 5 heteroatoms. The average Bonchev–Trinajstić information content (AvgIpc) is 2.60. The number of amides is 2. The van der Waals surface area contributed by atoms with Gasteiger partial charge in [0.1, 0.15) is 6.04 Å². The number of carbonyl (C=O) groups is 2. The van der Waals surface area contributed by atoms with Crippen molar-refractivity contribution in [2.75, 3.05) is 5.32 Å². The van der Waals surface area contributed by atoms with E-state index in [4.69, 9.17) is 0 Å². The Morgan fingerprint density at radius 2 is 1.68 bits per heavy atom. The minimum atomic E-state index is -0.631. The molecule has 2 amide bonds. The minimum absolute atomic E-state index is 0.0549. The molecule has 0 aliphatic rings. The monoisotopic (exact) mass is 340 g/mol. The largest absolute Gasteiger partial charge is 0.392 e. The highest BCUT2D eigenvalue weighted by Crippen LogP contribution is 2.13. The quantitative estimate of drug-likeness (QED) is 0.725. The van der Waals surface area contributed by atoms with Crippen LogP contribution in [0.1, 0.15) is 25.0 Å². The van der Waals surface area contributed by atoms with Gasteiger partial charge in [-0.1, -0.05) is 56.3 Å². The van der Waals surface area contributed by atoms with Crippen LogP contribution in [0.5, 0.6) is 0 Å². The average molecular weight is 340 g/mol. The second kappa shape index (κ2) is 8.99. The molecular formula is C20H24N2O3. The van der Waals surface area contributed by atoms with E-state index in [1.807, 2.05) is 44.2 Å². The molecule has 0 saturated heterocycles. The number of hydrogen-bond acceptors (Lipinski definition) is 3. The molecule has 0 aromatic heterocycles. The van der Waals surface area contributed by atoms with Gasteiger partial charge in [-0.15, -0.1) is 0 Å². The van der Waals surface area contributed by atoms with Crippen LogP contribution in [-0.4, -0.2) is 23.0 Å². The lowest BCUT2D eigenvalue weighted by Crippen LogP contribution is -2.47. The van der Waals surface area contributed by atoms with Crippen molar-refractivity contribution in [3.05, 3.63) is 65.7 Å². The van der Waals surface area contributed by atoms with Crippen molar-refractivity contribution < 1.29 is 14.7 Å². The van der Waals surface area contributed by atoms with Gasteiger partial charge in [0.2, 0.25) is 11.8 Å². The zero-order chi connectivity index (χ0) is 18.2. The predicted octanol–water partition coefficient (Wildman–Crippen LogP) is 2.50. The van der Waals surface area contributed by atoms with E-state index >= 15 is 0 Å². The molecule has 0 fully saturated rings. The van der Waals surface area contributed by atoms with Gasteiger partial charge >= 0.3 is 0 Å². The fraction of sp³-hybridized carbons (Fsp3) is 0.300. The van der Waals surface area contributed by atoms with E-state index in [9.17, 15) is 14.7 Å². The highest BCUT2D eigenvalue weighted by atomic mass is 16.3. The van der Waals surface area contributed by atoms with Crippen molar-refractivity contribution in [2.45, 2.75) is 32.9 Å². The first-order valence-corrected chi connectivity index (χ1v) is 8.33. The molecule has 1 unspecified atom stereocenters. The van der Waals surface area contributed by atoms with Crippen molar-refractivity contribution >= 4 is 17.5 Å². The maximum absolute atomic E-state index is 12.6. The van der Waals surface area contributed by atoms with Crippen LogP contribution in [0.15, 0.2) is 54.6 Å². The lowest BCUT2D eigenvalue weighted by molar-refractivity contribution is -0.127. The fourth-order valence-corrected chi connectivity index (χ4v) is 2.51. The molecule has 0 aliphatic carbocycles. The Bertz CT molecular complexity index is 714. The van der Waals surface area contributed by atoms with Crippen molar-refractivity contribution in [1.82, 2.24) is 5.32 Å². The van der Waals surface area contributed by atoms with Crippen LogP contribution in [0.2, 0.25) is 0 Å². The number of hydrogen-bond donors (Lipinski definition) is 3. The van der Waals surface area contributed by atoms with Crippen molar-refractivity contribution in [3.8, 4) is 0 Å². The zero-order valence-corrected chi connectivity index (χ0v) is 14.5. The molecule has 0 aliphatic heterocycles. The number of aliphatic hydroxyl groups excluding tert-OH is 1. The number of rotatable bonds is 7. The SMILES string of the molecule is CC(C)C(NC(=O)Cc1ccccc1)C(=O)Nc1cccc(CO)c1. The third-order valence-corrected chi connectivity index (χ3v) is 3.85. The number of nitrogens with one attached hydrogen (secondary N) is 2. The first kappa shape index (κ1) is 18.7. The first-order valence-electron chi connectivity index (χ1n) is 8.33. The van der Waals surface area contributed by atoms with E-state index < -0.39 is 6.04 Å². The Hall–Kier alpha value is -2.66. The van der Waals surface area contributed by atoms with Gasteiger partial charge in [-0.3, -0.25) is 9.59 Å². The van der Waals surface area contributed by atoms with Crippen molar-refractivity contribution in [3.63, 3.8) is 0 Å².